The van der Waals surface area contributed by atoms with Gasteiger partial charge in [-0.2, -0.15) is 0 Å². The Labute approximate surface area is 197 Å². The highest BCUT2D eigenvalue weighted by molar-refractivity contribution is 5.98. The zero-order chi connectivity index (χ0) is 24.6. The van der Waals surface area contributed by atoms with E-state index in [1.54, 1.807) is 33.7 Å². The Hall–Kier alpha value is -3.75. The SMILES string of the molecule is COc1cc(=O)n2c(c1C(=O)N(C)[C@H](C)c1ccco1)CCN(C(=O)c1[nH]c(C)cc1C)CC2. The number of furan rings is 1. The van der Waals surface area contributed by atoms with Crippen LogP contribution in [0, 0.1) is 13.8 Å². The van der Waals surface area contributed by atoms with Gasteiger partial charge in [-0.1, -0.05) is 0 Å². The van der Waals surface area contributed by atoms with Crippen LogP contribution in [-0.4, -0.2) is 58.4 Å². The highest BCUT2D eigenvalue weighted by Gasteiger charge is 2.31. The molecular formula is C25H30N4O5. The van der Waals surface area contributed by atoms with Crippen molar-refractivity contribution < 1.29 is 18.7 Å². The second-order valence-electron chi connectivity index (χ2n) is 8.68. The number of carbonyl (C=O) groups is 2. The maximum absolute atomic E-state index is 13.6. The van der Waals surface area contributed by atoms with Crippen LogP contribution in [0.15, 0.2) is 39.7 Å². The lowest BCUT2D eigenvalue weighted by molar-refractivity contribution is 0.0720. The highest BCUT2D eigenvalue weighted by atomic mass is 16.5. The molecule has 1 atom stereocenters. The molecular weight excluding hydrogens is 436 g/mol. The second kappa shape index (κ2) is 9.24. The average molecular weight is 467 g/mol. The van der Waals surface area contributed by atoms with Gasteiger partial charge in [0.2, 0.25) is 0 Å². The number of ether oxygens (including phenoxy) is 1. The van der Waals surface area contributed by atoms with E-state index in [-0.39, 0.29) is 29.2 Å². The number of methoxy groups -OCH3 is 1. The zero-order valence-electron chi connectivity index (χ0n) is 20.2. The van der Waals surface area contributed by atoms with Gasteiger partial charge < -0.3 is 28.5 Å². The van der Waals surface area contributed by atoms with Crippen molar-refractivity contribution in [2.45, 2.75) is 39.8 Å². The minimum atomic E-state index is -0.317. The van der Waals surface area contributed by atoms with Crippen LogP contribution < -0.4 is 10.3 Å². The number of carbonyl (C=O) groups excluding carboxylic acids is 2. The average Bonchev–Trinajstić information content (AvgIpc) is 3.41. The van der Waals surface area contributed by atoms with Gasteiger partial charge >= 0.3 is 0 Å². The summed E-state index contributed by atoms with van der Waals surface area (Å²) in [5, 5.41) is 0. The fourth-order valence-corrected chi connectivity index (χ4v) is 4.52. The smallest absolute Gasteiger partial charge is 0.270 e. The lowest BCUT2D eigenvalue weighted by atomic mass is 10.1. The lowest BCUT2D eigenvalue weighted by Crippen LogP contribution is -2.35. The highest BCUT2D eigenvalue weighted by Crippen LogP contribution is 2.28. The first-order valence-electron chi connectivity index (χ1n) is 11.3. The van der Waals surface area contributed by atoms with Gasteiger partial charge in [0.15, 0.2) is 0 Å². The van der Waals surface area contributed by atoms with Gasteiger partial charge in [-0.15, -0.1) is 0 Å². The Balaban J connectivity index is 1.68. The van der Waals surface area contributed by atoms with Gasteiger partial charge in [0.25, 0.3) is 17.4 Å². The van der Waals surface area contributed by atoms with Crippen molar-refractivity contribution in [3.8, 4) is 5.75 Å². The number of H-pyrrole nitrogens is 1. The van der Waals surface area contributed by atoms with Crippen molar-refractivity contribution in [2.75, 3.05) is 27.2 Å². The summed E-state index contributed by atoms with van der Waals surface area (Å²) in [7, 11) is 3.14. The molecule has 3 aromatic heterocycles. The Morgan fingerprint density at radius 1 is 1.21 bits per heavy atom. The Bertz CT molecular complexity index is 1270. The minimum absolute atomic E-state index is 0.116. The predicted octanol–water partition coefficient (Wildman–Crippen LogP) is 2.93. The molecule has 0 bridgehead atoms. The van der Waals surface area contributed by atoms with Crippen LogP contribution in [-0.2, 0) is 13.0 Å². The summed E-state index contributed by atoms with van der Waals surface area (Å²) in [6.07, 6.45) is 1.92. The van der Waals surface area contributed by atoms with E-state index in [4.69, 9.17) is 9.15 Å². The van der Waals surface area contributed by atoms with Gasteiger partial charge in [-0.3, -0.25) is 14.4 Å². The van der Waals surface area contributed by atoms with Crippen molar-refractivity contribution in [1.82, 2.24) is 19.4 Å². The third-order valence-corrected chi connectivity index (χ3v) is 6.53. The summed E-state index contributed by atoms with van der Waals surface area (Å²) in [6, 6.07) is 6.55. The van der Waals surface area contributed by atoms with Gasteiger partial charge in [0, 0.05) is 50.6 Å². The molecule has 3 aromatic rings. The van der Waals surface area contributed by atoms with Crippen LogP contribution in [0.4, 0.5) is 0 Å². The van der Waals surface area contributed by atoms with Crippen molar-refractivity contribution in [1.29, 1.82) is 0 Å². The van der Waals surface area contributed by atoms with Crippen LogP contribution >= 0.6 is 0 Å². The largest absolute Gasteiger partial charge is 0.496 e. The maximum Gasteiger partial charge on any atom is 0.270 e. The number of nitrogens with zero attached hydrogens (tertiary/aromatic N) is 3. The number of aromatic amines is 1. The van der Waals surface area contributed by atoms with E-state index < -0.39 is 0 Å². The molecule has 0 aliphatic carbocycles. The molecule has 0 spiro atoms. The minimum Gasteiger partial charge on any atom is -0.496 e. The summed E-state index contributed by atoms with van der Waals surface area (Å²) in [5.74, 6) is 0.493. The monoisotopic (exact) mass is 466 g/mol. The number of amides is 2. The molecule has 0 saturated carbocycles. The van der Waals surface area contributed by atoms with Crippen molar-refractivity contribution in [3.05, 3.63) is 74.9 Å². The van der Waals surface area contributed by atoms with Crippen molar-refractivity contribution in [3.63, 3.8) is 0 Å². The van der Waals surface area contributed by atoms with Gasteiger partial charge in [-0.25, -0.2) is 0 Å². The Morgan fingerprint density at radius 3 is 2.59 bits per heavy atom. The summed E-state index contributed by atoms with van der Waals surface area (Å²) in [4.78, 5) is 46.2. The van der Waals surface area contributed by atoms with E-state index in [0.29, 0.717) is 48.8 Å². The maximum atomic E-state index is 13.6. The molecule has 34 heavy (non-hydrogen) atoms. The quantitative estimate of drug-likeness (QED) is 0.623. The summed E-state index contributed by atoms with van der Waals surface area (Å²) in [5.41, 5.74) is 3.00. The lowest BCUT2D eigenvalue weighted by Gasteiger charge is -2.26. The van der Waals surface area contributed by atoms with Crippen LogP contribution in [0.3, 0.4) is 0 Å². The number of aryl methyl sites for hydroxylation is 2. The summed E-state index contributed by atoms with van der Waals surface area (Å²) >= 11 is 0. The molecule has 180 valence electrons. The molecule has 0 saturated heterocycles. The first kappa shape index (κ1) is 23.4. The van der Waals surface area contributed by atoms with Crippen LogP contribution in [0.25, 0.3) is 0 Å². The van der Waals surface area contributed by atoms with E-state index in [1.807, 2.05) is 32.9 Å². The predicted molar refractivity (Wildman–Crippen MR) is 126 cm³/mol. The first-order chi connectivity index (χ1) is 16.2. The van der Waals surface area contributed by atoms with Crippen LogP contribution in [0.5, 0.6) is 5.75 Å². The van der Waals surface area contributed by atoms with E-state index in [9.17, 15) is 14.4 Å². The molecule has 0 aromatic carbocycles. The molecule has 4 heterocycles. The number of nitrogens with one attached hydrogen (secondary N) is 1. The van der Waals surface area contributed by atoms with Crippen LogP contribution in [0.2, 0.25) is 0 Å². The van der Waals surface area contributed by atoms with E-state index in [0.717, 1.165) is 11.3 Å². The third-order valence-electron chi connectivity index (χ3n) is 6.53. The van der Waals surface area contributed by atoms with Gasteiger partial charge in [-0.05, 0) is 44.5 Å². The van der Waals surface area contributed by atoms with Crippen molar-refractivity contribution >= 4 is 11.8 Å². The molecule has 0 fully saturated rings. The van der Waals surface area contributed by atoms with E-state index in [1.165, 1.54) is 13.2 Å². The normalized spacial score (nSPS) is 14.3. The Kier molecular flexibility index (Phi) is 6.37. The van der Waals surface area contributed by atoms with Crippen molar-refractivity contribution in [2.24, 2.45) is 0 Å². The standard InChI is InChI=1S/C25H30N4O5/c1-15-13-16(2)26-23(15)25(32)28-9-8-18-22(20(33-5)14-21(30)29(18)11-10-28)24(31)27(4)17(3)19-7-6-12-34-19/h6-7,12-14,17,26H,8-11H2,1-5H3/t17-/m1/s1. The first-order valence-corrected chi connectivity index (χ1v) is 11.3. The van der Waals surface area contributed by atoms with E-state index in [2.05, 4.69) is 4.98 Å². The summed E-state index contributed by atoms with van der Waals surface area (Å²) in [6.45, 7) is 6.71. The fourth-order valence-electron chi connectivity index (χ4n) is 4.52. The fraction of sp³-hybridized carbons (Fsp3) is 0.400. The van der Waals surface area contributed by atoms with Crippen LogP contribution in [0.1, 0.15) is 56.5 Å². The second-order valence-corrected chi connectivity index (χ2v) is 8.68. The molecule has 0 unspecified atom stereocenters. The number of hydrogen-bond acceptors (Lipinski definition) is 5. The summed E-state index contributed by atoms with van der Waals surface area (Å²) < 4.78 is 12.5. The Morgan fingerprint density at radius 2 is 1.97 bits per heavy atom. The molecule has 9 heteroatoms. The number of rotatable bonds is 5. The molecule has 9 nitrogen and oxygen atoms in total. The molecule has 2 amide bonds. The number of fused-ring (bicyclic) bond motifs is 1. The molecule has 4 rings (SSSR count). The number of hydrogen-bond donors (Lipinski definition) is 1. The topological polar surface area (TPSA) is 101 Å². The zero-order valence-corrected chi connectivity index (χ0v) is 20.2. The number of aromatic nitrogens is 2. The molecule has 1 aliphatic rings. The van der Waals surface area contributed by atoms with Gasteiger partial charge in [0.05, 0.1) is 19.4 Å². The molecule has 1 N–H and O–H groups in total. The third kappa shape index (κ3) is 4.13. The number of pyridine rings is 1. The molecule has 1 aliphatic heterocycles. The van der Waals surface area contributed by atoms with E-state index >= 15 is 0 Å². The molecule has 0 radical (unpaired) electrons. The van der Waals surface area contributed by atoms with Gasteiger partial charge in [0.1, 0.15) is 22.8 Å².